The van der Waals surface area contributed by atoms with Crippen LogP contribution in [0.15, 0.2) is 24.3 Å². The van der Waals surface area contributed by atoms with Gasteiger partial charge in [-0.1, -0.05) is 32.1 Å². The van der Waals surface area contributed by atoms with E-state index in [1.165, 1.54) is 11.3 Å². The van der Waals surface area contributed by atoms with Crippen molar-refractivity contribution in [2.45, 2.75) is 89.8 Å². The van der Waals surface area contributed by atoms with Gasteiger partial charge in [0.1, 0.15) is 16.7 Å². The van der Waals surface area contributed by atoms with Gasteiger partial charge in [-0.2, -0.15) is 4.37 Å². The van der Waals surface area contributed by atoms with Crippen LogP contribution in [-0.4, -0.2) is 46.8 Å². The number of hydrogen-bond acceptors (Lipinski definition) is 7. The molecule has 2 saturated carbocycles. The van der Waals surface area contributed by atoms with Gasteiger partial charge in [0, 0.05) is 17.8 Å². The standard InChI is InChI=1S/C27H37N5O4S/c1-3-36-21-15-13-20(14-16-21)32(17(2)25(33)29-18-9-5-4-6-10-18)27(35)24-22(28)23(31-37-24)26(34)30-19-11-7-8-12-19/h13-19H,3-12,28H2,1-2H3,(H,29,33)(H,30,34). The molecule has 1 unspecified atom stereocenters. The summed E-state index contributed by atoms with van der Waals surface area (Å²) in [5, 5.41) is 6.10. The van der Waals surface area contributed by atoms with Crippen LogP contribution in [0.1, 0.15) is 91.8 Å². The number of carbonyl (C=O) groups is 3. The molecule has 37 heavy (non-hydrogen) atoms. The Kier molecular flexibility index (Phi) is 9.02. The van der Waals surface area contributed by atoms with E-state index >= 15 is 0 Å². The maximum Gasteiger partial charge on any atom is 0.273 e. The van der Waals surface area contributed by atoms with Crippen molar-refractivity contribution in [1.29, 1.82) is 0 Å². The number of amides is 3. The number of nitrogens with two attached hydrogens (primary N) is 1. The quantitative estimate of drug-likeness (QED) is 0.447. The Morgan fingerprint density at radius 3 is 2.24 bits per heavy atom. The molecule has 1 aromatic heterocycles. The normalized spacial score (nSPS) is 17.2. The molecule has 2 aliphatic carbocycles. The fourth-order valence-electron chi connectivity index (χ4n) is 5.12. The summed E-state index contributed by atoms with van der Waals surface area (Å²) in [6.07, 6.45) is 9.26. The molecule has 4 N–H and O–H groups in total. The number of nitrogens with zero attached hydrogens (tertiary/aromatic N) is 2. The lowest BCUT2D eigenvalue weighted by Gasteiger charge is -2.31. The summed E-state index contributed by atoms with van der Waals surface area (Å²) in [4.78, 5) is 41.5. The number of anilines is 2. The third-order valence-corrected chi connectivity index (χ3v) is 8.04. The van der Waals surface area contributed by atoms with Gasteiger partial charge in [-0.25, -0.2) is 0 Å². The number of benzene rings is 1. The molecule has 1 heterocycles. The Morgan fingerprint density at radius 2 is 1.62 bits per heavy atom. The van der Waals surface area contributed by atoms with Gasteiger partial charge in [0.25, 0.3) is 11.8 Å². The maximum absolute atomic E-state index is 13.9. The van der Waals surface area contributed by atoms with Gasteiger partial charge in [0.2, 0.25) is 5.91 Å². The number of ether oxygens (including phenoxy) is 1. The molecule has 3 amide bonds. The van der Waals surface area contributed by atoms with Gasteiger partial charge < -0.3 is 21.1 Å². The zero-order chi connectivity index (χ0) is 26.4. The van der Waals surface area contributed by atoms with E-state index in [4.69, 9.17) is 10.5 Å². The largest absolute Gasteiger partial charge is 0.494 e. The Hall–Kier alpha value is -3.14. The number of hydrogen-bond donors (Lipinski definition) is 3. The highest BCUT2D eigenvalue weighted by molar-refractivity contribution is 7.09. The van der Waals surface area contributed by atoms with Crippen LogP contribution in [0.2, 0.25) is 0 Å². The molecule has 2 fully saturated rings. The topological polar surface area (TPSA) is 127 Å². The zero-order valence-corrected chi connectivity index (χ0v) is 22.4. The van der Waals surface area contributed by atoms with E-state index in [-0.39, 0.29) is 40.2 Å². The summed E-state index contributed by atoms with van der Waals surface area (Å²) >= 11 is 0.886. The molecule has 10 heteroatoms. The minimum absolute atomic E-state index is 0.0429. The number of carbonyl (C=O) groups excluding carboxylic acids is 3. The third-order valence-electron chi connectivity index (χ3n) is 7.19. The monoisotopic (exact) mass is 527 g/mol. The van der Waals surface area contributed by atoms with Crippen LogP contribution >= 0.6 is 11.5 Å². The summed E-state index contributed by atoms with van der Waals surface area (Å²) in [7, 11) is 0. The van der Waals surface area contributed by atoms with Crippen LogP contribution in [0, 0.1) is 0 Å². The SMILES string of the molecule is CCOc1ccc(N(C(=O)c2snc(C(=O)NC3CCCC3)c2N)C(C)C(=O)NC2CCCCC2)cc1. The average Bonchev–Trinajstić information content (AvgIpc) is 3.55. The Balaban J connectivity index is 1.58. The van der Waals surface area contributed by atoms with E-state index in [1.807, 2.05) is 6.92 Å². The maximum atomic E-state index is 13.9. The van der Waals surface area contributed by atoms with Gasteiger partial charge in [-0.15, -0.1) is 0 Å². The van der Waals surface area contributed by atoms with Crippen molar-refractivity contribution in [3.05, 3.63) is 34.8 Å². The van der Waals surface area contributed by atoms with E-state index in [9.17, 15) is 14.4 Å². The van der Waals surface area contributed by atoms with Crippen LogP contribution in [-0.2, 0) is 4.79 Å². The van der Waals surface area contributed by atoms with E-state index < -0.39 is 11.9 Å². The molecule has 0 spiro atoms. The molecule has 200 valence electrons. The Labute approximate surface area is 222 Å². The third kappa shape index (κ3) is 6.41. The van der Waals surface area contributed by atoms with E-state index in [2.05, 4.69) is 15.0 Å². The Morgan fingerprint density at radius 1 is 1.03 bits per heavy atom. The summed E-state index contributed by atoms with van der Waals surface area (Å²) in [6, 6.07) is 6.45. The van der Waals surface area contributed by atoms with Crippen LogP contribution < -0.4 is 26.0 Å². The van der Waals surface area contributed by atoms with Crippen LogP contribution in [0.25, 0.3) is 0 Å². The highest BCUT2D eigenvalue weighted by Crippen LogP contribution is 2.30. The number of aromatic nitrogens is 1. The first-order chi connectivity index (χ1) is 17.9. The van der Waals surface area contributed by atoms with E-state index in [0.29, 0.717) is 18.0 Å². The molecule has 0 bridgehead atoms. The second-order valence-corrected chi connectivity index (χ2v) is 10.6. The Bertz CT molecular complexity index is 1090. The molecule has 0 radical (unpaired) electrons. The lowest BCUT2D eigenvalue weighted by Crippen LogP contribution is -2.51. The van der Waals surface area contributed by atoms with Crippen LogP contribution in [0.4, 0.5) is 11.4 Å². The molecule has 1 atom stereocenters. The smallest absolute Gasteiger partial charge is 0.273 e. The average molecular weight is 528 g/mol. The predicted octanol–water partition coefficient (Wildman–Crippen LogP) is 4.28. The van der Waals surface area contributed by atoms with Gasteiger partial charge in [0.15, 0.2) is 5.69 Å². The second kappa shape index (κ2) is 12.4. The number of nitrogens with one attached hydrogen (secondary N) is 2. The zero-order valence-electron chi connectivity index (χ0n) is 21.6. The molecule has 9 nitrogen and oxygen atoms in total. The molecule has 4 rings (SSSR count). The summed E-state index contributed by atoms with van der Waals surface area (Å²) < 4.78 is 9.77. The van der Waals surface area contributed by atoms with E-state index in [1.54, 1.807) is 31.2 Å². The van der Waals surface area contributed by atoms with Crippen molar-refractivity contribution in [3.63, 3.8) is 0 Å². The highest BCUT2D eigenvalue weighted by Gasteiger charge is 2.34. The molecule has 2 aliphatic rings. The second-order valence-electron chi connectivity index (χ2n) is 9.85. The minimum Gasteiger partial charge on any atom is -0.494 e. The first-order valence-corrected chi connectivity index (χ1v) is 14.1. The van der Waals surface area contributed by atoms with Crippen molar-refractivity contribution in [2.24, 2.45) is 0 Å². The van der Waals surface area contributed by atoms with Gasteiger partial charge in [-0.3, -0.25) is 19.3 Å². The van der Waals surface area contributed by atoms with Crippen molar-refractivity contribution >= 4 is 40.6 Å². The fourth-order valence-corrected chi connectivity index (χ4v) is 5.86. The van der Waals surface area contributed by atoms with Crippen molar-refractivity contribution in [1.82, 2.24) is 15.0 Å². The van der Waals surface area contributed by atoms with Gasteiger partial charge in [-0.05, 0) is 75.3 Å². The molecule has 0 aliphatic heterocycles. The molecular formula is C27H37N5O4S. The van der Waals surface area contributed by atoms with Crippen molar-refractivity contribution in [3.8, 4) is 5.75 Å². The van der Waals surface area contributed by atoms with Crippen LogP contribution in [0.5, 0.6) is 5.75 Å². The van der Waals surface area contributed by atoms with Crippen LogP contribution in [0.3, 0.4) is 0 Å². The number of nitrogen functional groups attached to an aromatic ring is 1. The number of rotatable bonds is 9. The van der Waals surface area contributed by atoms with Crippen molar-refractivity contribution in [2.75, 3.05) is 17.2 Å². The van der Waals surface area contributed by atoms with Crippen molar-refractivity contribution < 1.29 is 19.1 Å². The predicted molar refractivity (Wildman–Crippen MR) is 145 cm³/mol. The van der Waals surface area contributed by atoms with Gasteiger partial charge in [0.05, 0.1) is 12.3 Å². The lowest BCUT2D eigenvalue weighted by molar-refractivity contribution is -0.122. The lowest BCUT2D eigenvalue weighted by atomic mass is 9.95. The highest BCUT2D eigenvalue weighted by atomic mass is 32.1. The van der Waals surface area contributed by atoms with Gasteiger partial charge >= 0.3 is 0 Å². The minimum atomic E-state index is -0.801. The molecule has 1 aromatic carbocycles. The molecule has 2 aromatic rings. The molecular weight excluding hydrogens is 490 g/mol. The summed E-state index contributed by atoms with van der Waals surface area (Å²) in [5.41, 5.74) is 6.94. The first kappa shape index (κ1) is 26.9. The van der Waals surface area contributed by atoms with E-state index in [0.717, 1.165) is 62.9 Å². The summed E-state index contributed by atoms with van der Waals surface area (Å²) in [6.45, 7) is 4.12. The first-order valence-electron chi connectivity index (χ1n) is 13.3. The summed E-state index contributed by atoms with van der Waals surface area (Å²) in [5.74, 6) is -0.390. The molecule has 0 saturated heterocycles. The fraction of sp³-hybridized carbons (Fsp3) is 0.556.